The van der Waals surface area contributed by atoms with Gasteiger partial charge in [-0.25, -0.2) is 0 Å². The van der Waals surface area contributed by atoms with E-state index in [-0.39, 0.29) is 0 Å². The fourth-order valence-electron chi connectivity index (χ4n) is 4.89. The molecule has 5 nitrogen and oxygen atoms in total. The number of ether oxygens (including phenoxy) is 5. The van der Waals surface area contributed by atoms with Crippen molar-refractivity contribution < 1.29 is 23.7 Å². The monoisotopic (exact) mass is 498 g/mol. The second-order valence-electron chi connectivity index (χ2n) is 8.95. The average molecular weight is 499 g/mol. The Morgan fingerprint density at radius 1 is 0.405 bits per heavy atom. The summed E-state index contributed by atoms with van der Waals surface area (Å²) in [6.07, 6.45) is 0. The quantitative estimate of drug-likeness (QED) is 0.250. The average Bonchev–Trinajstić information content (AvgIpc) is 2.91. The van der Waals surface area contributed by atoms with E-state index in [0.29, 0.717) is 0 Å². The lowest BCUT2D eigenvalue weighted by molar-refractivity contribution is 0.406. The molecular weight excluding hydrogens is 464 g/mol. The normalized spacial score (nSPS) is 10.7. The molecule has 0 N–H and O–H groups in total. The predicted molar refractivity (Wildman–Crippen MR) is 150 cm³/mol. The van der Waals surface area contributed by atoms with Gasteiger partial charge in [-0.3, -0.25) is 0 Å². The second kappa shape index (κ2) is 10.9. The Morgan fingerprint density at radius 3 is 1.22 bits per heavy atom. The van der Waals surface area contributed by atoms with E-state index in [9.17, 15) is 0 Å². The van der Waals surface area contributed by atoms with Gasteiger partial charge in [0, 0.05) is 16.7 Å². The van der Waals surface area contributed by atoms with Crippen LogP contribution in [-0.2, 0) is 0 Å². The Bertz CT molecular complexity index is 1440. The van der Waals surface area contributed by atoms with Crippen LogP contribution in [0.3, 0.4) is 0 Å². The van der Waals surface area contributed by atoms with Crippen LogP contribution in [0, 0.1) is 20.8 Å². The van der Waals surface area contributed by atoms with Crippen molar-refractivity contribution in [1.82, 2.24) is 0 Å². The van der Waals surface area contributed by atoms with Gasteiger partial charge in [-0.2, -0.15) is 0 Å². The molecule has 0 aromatic heterocycles. The van der Waals surface area contributed by atoms with E-state index >= 15 is 0 Å². The van der Waals surface area contributed by atoms with Gasteiger partial charge in [0.2, 0.25) is 0 Å². The van der Waals surface area contributed by atoms with E-state index in [2.05, 4.69) is 45.0 Å². The Balaban J connectivity index is 2.15. The summed E-state index contributed by atoms with van der Waals surface area (Å²) in [5, 5.41) is 0. The second-order valence-corrected chi connectivity index (χ2v) is 8.95. The molecule has 192 valence electrons. The zero-order valence-electron chi connectivity index (χ0n) is 22.8. The molecule has 0 saturated carbocycles. The van der Waals surface area contributed by atoms with Crippen LogP contribution in [0.5, 0.6) is 28.7 Å². The molecule has 0 aliphatic rings. The molecule has 0 unspecified atom stereocenters. The summed E-state index contributed by atoms with van der Waals surface area (Å²) in [4.78, 5) is 0. The third-order valence-electron chi connectivity index (χ3n) is 6.80. The van der Waals surface area contributed by atoms with Crippen LogP contribution >= 0.6 is 0 Å². The summed E-state index contributed by atoms with van der Waals surface area (Å²) < 4.78 is 28.7. The number of hydrogen-bond donors (Lipinski definition) is 0. The van der Waals surface area contributed by atoms with Gasteiger partial charge in [-0.05, 0) is 96.6 Å². The molecule has 0 aliphatic heterocycles. The van der Waals surface area contributed by atoms with Crippen LogP contribution in [0.4, 0.5) is 0 Å². The SMILES string of the molecule is COc1ccc(-c2cc(OC)c(-c3ccc(OC)cc3C)c(-c3ccc(OC)cc3C)c2OC)c(C)c1. The largest absolute Gasteiger partial charge is 0.497 e. The maximum Gasteiger partial charge on any atom is 0.135 e. The number of hydrogen-bond acceptors (Lipinski definition) is 5. The molecule has 4 aromatic carbocycles. The highest BCUT2D eigenvalue weighted by Gasteiger charge is 2.26. The third kappa shape index (κ3) is 4.82. The molecule has 37 heavy (non-hydrogen) atoms. The minimum atomic E-state index is 0.754. The van der Waals surface area contributed by atoms with Crippen LogP contribution in [0.15, 0.2) is 60.7 Å². The Hall–Kier alpha value is -4.12. The zero-order valence-corrected chi connectivity index (χ0v) is 22.8. The third-order valence-corrected chi connectivity index (χ3v) is 6.80. The first-order valence-corrected chi connectivity index (χ1v) is 12.1. The maximum absolute atomic E-state index is 6.21. The van der Waals surface area contributed by atoms with Crippen LogP contribution in [0.25, 0.3) is 33.4 Å². The van der Waals surface area contributed by atoms with E-state index in [1.54, 1.807) is 35.5 Å². The van der Waals surface area contributed by atoms with Crippen molar-refractivity contribution in [3.05, 3.63) is 77.4 Å². The van der Waals surface area contributed by atoms with Gasteiger partial charge in [-0.15, -0.1) is 0 Å². The van der Waals surface area contributed by atoms with Gasteiger partial charge in [-0.1, -0.05) is 18.2 Å². The molecule has 0 aliphatic carbocycles. The zero-order chi connectivity index (χ0) is 26.7. The molecule has 5 heteroatoms. The molecular formula is C32H34O5. The molecule has 0 atom stereocenters. The first kappa shape index (κ1) is 26.0. The van der Waals surface area contributed by atoms with Crippen molar-refractivity contribution in [3.8, 4) is 62.1 Å². The van der Waals surface area contributed by atoms with Gasteiger partial charge in [0.15, 0.2) is 0 Å². The highest BCUT2D eigenvalue weighted by atomic mass is 16.5. The summed E-state index contributed by atoms with van der Waals surface area (Å²) in [6.45, 7) is 6.24. The van der Waals surface area contributed by atoms with Crippen LogP contribution < -0.4 is 23.7 Å². The Kier molecular flexibility index (Phi) is 7.63. The lowest BCUT2D eigenvalue weighted by atomic mass is 9.85. The Morgan fingerprint density at radius 2 is 0.838 bits per heavy atom. The molecule has 0 saturated heterocycles. The van der Waals surface area contributed by atoms with Gasteiger partial charge in [0.25, 0.3) is 0 Å². The molecule has 0 fully saturated rings. The standard InChI is InChI=1S/C32H34O5/c1-19-15-22(33-4)9-12-25(19)28-18-29(36-7)30(26-13-10-23(34-5)16-20(26)2)31(32(28)37-8)27-14-11-24(35-6)17-21(27)3/h9-18H,1-8H3. The highest BCUT2D eigenvalue weighted by Crippen LogP contribution is 2.52. The minimum absolute atomic E-state index is 0.754. The number of benzene rings is 4. The topological polar surface area (TPSA) is 46.2 Å². The van der Waals surface area contributed by atoms with Crippen LogP contribution in [-0.4, -0.2) is 35.5 Å². The van der Waals surface area contributed by atoms with Crippen LogP contribution in [0.1, 0.15) is 16.7 Å². The van der Waals surface area contributed by atoms with E-state index in [1.807, 2.05) is 36.4 Å². The van der Waals surface area contributed by atoms with Gasteiger partial charge in [0.1, 0.15) is 28.7 Å². The molecule has 0 spiro atoms. The summed E-state index contributed by atoms with van der Waals surface area (Å²) >= 11 is 0. The lowest BCUT2D eigenvalue weighted by Gasteiger charge is -2.24. The summed E-state index contributed by atoms with van der Waals surface area (Å²) in [5.74, 6) is 3.94. The van der Waals surface area contributed by atoms with Crippen molar-refractivity contribution >= 4 is 0 Å². The van der Waals surface area contributed by atoms with Crippen molar-refractivity contribution in [3.63, 3.8) is 0 Å². The summed E-state index contributed by atoms with van der Waals surface area (Å²) in [7, 11) is 8.46. The molecule has 4 aromatic rings. The molecule has 0 bridgehead atoms. The van der Waals surface area contributed by atoms with Crippen LogP contribution in [0.2, 0.25) is 0 Å². The maximum atomic E-state index is 6.21. The number of methoxy groups -OCH3 is 5. The van der Waals surface area contributed by atoms with E-state index < -0.39 is 0 Å². The van der Waals surface area contributed by atoms with Crippen molar-refractivity contribution in [2.45, 2.75) is 20.8 Å². The van der Waals surface area contributed by atoms with Crippen molar-refractivity contribution in [2.75, 3.05) is 35.5 Å². The van der Waals surface area contributed by atoms with E-state index in [1.165, 1.54) is 0 Å². The van der Waals surface area contributed by atoms with Crippen molar-refractivity contribution in [1.29, 1.82) is 0 Å². The van der Waals surface area contributed by atoms with E-state index in [0.717, 1.165) is 78.8 Å². The van der Waals surface area contributed by atoms with E-state index in [4.69, 9.17) is 23.7 Å². The molecule has 4 rings (SSSR count). The first-order chi connectivity index (χ1) is 17.9. The fourth-order valence-corrected chi connectivity index (χ4v) is 4.89. The minimum Gasteiger partial charge on any atom is -0.497 e. The summed E-state index contributed by atoms with van der Waals surface area (Å²) in [5.41, 5.74) is 9.19. The number of rotatable bonds is 8. The van der Waals surface area contributed by atoms with Crippen molar-refractivity contribution in [2.24, 2.45) is 0 Å². The molecule has 0 heterocycles. The Labute approximate surface area is 219 Å². The van der Waals surface area contributed by atoms with Gasteiger partial charge >= 0.3 is 0 Å². The van der Waals surface area contributed by atoms with Gasteiger partial charge in [0.05, 0.1) is 35.5 Å². The predicted octanol–water partition coefficient (Wildman–Crippen LogP) is 7.66. The number of aryl methyl sites for hydroxylation is 3. The lowest BCUT2D eigenvalue weighted by Crippen LogP contribution is -2.01. The summed E-state index contributed by atoms with van der Waals surface area (Å²) in [6, 6.07) is 20.3. The highest BCUT2D eigenvalue weighted by molar-refractivity contribution is 5.98. The van der Waals surface area contributed by atoms with Gasteiger partial charge < -0.3 is 23.7 Å². The molecule has 0 radical (unpaired) electrons. The molecule has 0 amide bonds. The first-order valence-electron chi connectivity index (χ1n) is 12.1. The fraction of sp³-hybridized carbons (Fsp3) is 0.250. The smallest absolute Gasteiger partial charge is 0.135 e.